The number of nitrogens with one attached hydrogen (secondary N) is 1. The third-order valence-electron chi connectivity index (χ3n) is 6.14. The van der Waals surface area contributed by atoms with E-state index in [1.807, 2.05) is 58.0 Å². The van der Waals surface area contributed by atoms with Crippen molar-refractivity contribution in [1.82, 2.24) is 14.5 Å². The Balaban J connectivity index is 1.41. The molecular formula is C24H30N4O2. The van der Waals surface area contributed by atoms with Gasteiger partial charge in [-0.05, 0) is 55.7 Å². The molecule has 2 aromatic carbocycles. The number of carbonyl (C=O) groups is 1. The number of aromatic nitrogens is 2. The van der Waals surface area contributed by atoms with Crippen molar-refractivity contribution in [1.29, 1.82) is 0 Å². The van der Waals surface area contributed by atoms with Crippen LogP contribution in [0.5, 0.6) is 0 Å². The Labute approximate surface area is 177 Å². The fourth-order valence-electron chi connectivity index (χ4n) is 4.33. The lowest BCUT2D eigenvalue weighted by atomic mass is 10.0. The highest BCUT2D eigenvalue weighted by Gasteiger charge is 2.26. The van der Waals surface area contributed by atoms with Crippen molar-refractivity contribution in [2.75, 3.05) is 31.6 Å². The standard InChI is InChI=1S/C24H30N4O2/c1-3-4-15-26(2)19-11-9-18(10-12-19)23(29)27-16-13-20(14-17-27)28-22-8-6-5-7-21(22)25-24(28)30/h5-12,20H,3-4,13-17H2,1-2H3,(H,25,30). The Morgan fingerprint density at radius 2 is 1.80 bits per heavy atom. The summed E-state index contributed by atoms with van der Waals surface area (Å²) in [6.07, 6.45) is 3.89. The zero-order valence-corrected chi connectivity index (χ0v) is 17.8. The average Bonchev–Trinajstić information content (AvgIpc) is 3.13. The number of para-hydroxylation sites is 2. The summed E-state index contributed by atoms with van der Waals surface area (Å²) in [6, 6.07) is 15.8. The lowest BCUT2D eigenvalue weighted by molar-refractivity contribution is 0.0695. The van der Waals surface area contributed by atoms with Gasteiger partial charge in [0.2, 0.25) is 0 Å². The van der Waals surface area contributed by atoms with Crippen LogP contribution >= 0.6 is 0 Å². The molecule has 1 fully saturated rings. The van der Waals surface area contributed by atoms with Gasteiger partial charge in [-0.15, -0.1) is 0 Å². The summed E-state index contributed by atoms with van der Waals surface area (Å²) < 4.78 is 1.86. The molecule has 0 radical (unpaired) electrons. The number of hydrogen-bond donors (Lipinski definition) is 1. The van der Waals surface area contributed by atoms with Gasteiger partial charge in [0.05, 0.1) is 11.0 Å². The number of hydrogen-bond acceptors (Lipinski definition) is 3. The van der Waals surface area contributed by atoms with E-state index in [9.17, 15) is 9.59 Å². The van der Waals surface area contributed by atoms with E-state index in [0.29, 0.717) is 13.1 Å². The number of anilines is 1. The number of nitrogens with zero attached hydrogens (tertiary/aromatic N) is 3. The minimum absolute atomic E-state index is 0.0660. The van der Waals surface area contributed by atoms with Crippen molar-refractivity contribution in [2.24, 2.45) is 0 Å². The largest absolute Gasteiger partial charge is 0.375 e. The molecule has 0 spiro atoms. The van der Waals surface area contributed by atoms with E-state index in [-0.39, 0.29) is 17.6 Å². The van der Waals surface area contributed by atoms with Crippen LogP contribution in [0, 0.1) is 0 Å². The lowest BCUT2D eigenvalue weighted by Crippen LogP contribution is -2.40. The molecule has 6 heteroatoms. The number of amides is 1. The summed E-state index contributed by atoms with van der Waals surface area (Å²) in [7, 11) is 2.09. The van der Waals surface area contributed by atoms with Gasteiger partial charge in [-0.3, -0.25) is 9.36 Å². The maximum atomic E-state index is 13.0. The molecule has 158 valence electrons. The fraction of sp³-hybridized carbons (Fsp3) is 0.417. The van der Waals surface area contributed by atoms with Crippen LogP contribution in [0.15, 0.2) is 53.3 Å². The van der Waals surface area contributed by atoms with E-state index in [4.69, 9.17) is 0 Å². The van der Waals surface area contributed by atoms with Crippen molar-refractivity contribution in [3.05, 3.63) is 64.6 Å². The molecule has 1 saturated heterocycles. The molecule has 30 heavy (non-hydrogen) atoms. The molecule has 3 aromatic rings. The number of likely N-dealkylation sites (tertiary alicyclic amines) is 1. The minimum atomic E-state index is -0.0660. The predicted octanol–water partition coefficient (Wildman–Crippen LogP) is 4.04. The Morgan fingerprint density at radius 1 is 1.10 bits per heavy atom. The van der Waals surface area contributed by atoms with Crippen LogP contribution in [-0.2, 0) is 0 Å². The van der Waals surface area contributed by atoms with E-state index in [1.165, 1.54) is 6.42 Å². The first-order valence-electron chi connectivity index (χ1n) is 10.9. The molecule has 1 amide bonds. The number of H-pyrrole nitrogens is 1. The van der Waals surface area contributed by atoms with Crippen LogP contribution in [0.2, 0.25) is 0 Å². The number of aromatic amines is 1. The average molecular weight is 407 g/mol. The topological polar surface area (TPSA) is 61.3 Å². The smallest absolute Gasteiger partial charge is 0.326 e. The second kappa shape index (κ2) is 8.78. The van der Waals surface area contributed by atoms with Gasteiger partial charge in [0, 0.05) is 44.0 Å². The Bertz CT molecular complexity index is 1060. The van der Waals surface area contributed by atoms with E-state index >= 15 is 0 Å². The molecule has 0 aliphatic carbocycles. The maximum Gasteiger partial charge on any atom is 0.326 e. The van der Waals surface area contributed by atoms with Crippen molar-refractivity contribution in [2.45, 2.75) is 38.6 Å². The van der Waals surface area contributed by atoms with Crippen molar-refractivity contribution < 1.29 is 4.79 Å². The third-order valence-corrected chi connectivity index (χ3v) is 6.14. The number of unbranched alkanes of at least 4 members (excludes halogenated alkanes) is 1. The number of rotatable bonds is 6. The zero-order chi connectivity index (χ0) is 21.1. The van der Waals surface area contributed by atoms with Crippen molar-refractivity contribution in [3.63, 3.8) is 0 Å². The summed E-state index contributed by atoms with van der Waals surface area (Å²) in [6.45, 7) is 4.53. The van der Waals surface area contributed by atoms with Crippen LogP contribution in [0.1, 0.15) is 49.0 Å². The Hall–Kier alpha value is -3.02. The Kier molecular flexibility index (Phi) is 5.93. The van der Waals surface area contributed by atoms with Crippen LogP contribution in [0.4, 0.5) is 5.69 Å². The molecular weight excluding hydrogens is 376 g/mol. The molecule has 0 saturated carbocycles. The van der Waals surface area contributed by atoms with Crippen molar-refractivity contribution >= 4 is 22.6 Å². The molecule has 0 atom stereocenters. The van der Waals surface area contributed by atoms with Crippen LogP contribution in [0.25, 0.3) is 11.0 Å². The fourth-order valence-corrected chi connectivity index (χ4v) is 4.33. The molecule has 4 rings (SSSR count). The van der Waals surface area contributed by atoms with Gasteiger partial charge >= 0.3 is 5.69 Å². The van der Waals surface area contributed by atoms with E-state index in [0.717, 1.165) is 48.1 Å². The molecule has 1 N–H and O–H groups in total. The third kappa shape index (κ3) is 3.99. The second-order valence-corrected chi connectivity index (χ2v) is 8.16. The Morgan fingerprint density at radius 3 is 2.50 bits per heavy atom. The summed E-state index contributed by atoms with van der Waals surface area (Å²) in [4.78, 5) is 32.5. The van der Waals surface area contributed by atoms with Gasteiger partial charge in [0.25, 0.3) is 5.91 Å². The quantitative estimate of drug-likeness (QED) is 0.672. The van der Waals surface area contributed by atoms with Crippen LogP contribution in [0.3, 0.4) is 0 Å². The molecule has 0 unspecified atom stereocenters. The van der Waals surface area contributed by atoms with Gasteiger partial charge in [0.1, 0.15) is 0 Å². The maximum absolute atomic E-state index is 13.0. The van der Waals surface area contributed by atoms with Gasteiger partial charge in [-0.25, -0.2) is 4.79 Å². The van der Waals surface area contributed by atoms with Gasteiger partial charge in [-0.2, -0.15) is 0 Å². The monoisotopic (exact) mass is 406 g/mol. The molecule has 1 aliphatic heterocycles. The van der Waals surface area contributed by atoms with Gasteiger partial charge in [0.15, 0.2) is 0 Å². The predicted molar refractivity (Wildman–Crippen MR) is 121 cm³/mol. The van der Waals surface area contributed by atoms with E-state index in [2.05, 4.69) is 23.9 Å². The van der Waals surface area contributed by atoms with Gasteiger partial charge in [-0.1, -0.05) is 25.5 Å². The highest BCUT2D eigenvalue weighted by atomic mass is 16.2. The molecule has 2 heterocycles. The van der Waals surface area contributed by atoms with Crippen molar-refractivity contribution in [3.8, 4) is 0 Å². The number of carbonyl (C=O) groups excluding carboxylic acids is 1. The van der Waals surface area contributed by atoms with Gasteiger partial charge < -0.3 is 14.8 Å². The van der Waals surface area contributed by atoms with Crippen LogP contribution in [-0.4, -0.2) is 47.0 Å². The minimum Gasteiger partial charge on any atom is -0.375 e. The highest BCUT2D eigenvalue weighted by molar-refractivity contribution is 5.94. The summed E-state index contributed by atoms with van der Waals surface area (Å²) in [5.74, 6) is 0.0717. The summed E-state index contributed by atoms with van der Waals surface area (Å²) >= 11 is 0. The molecule has 1 aliphatic rings. The first kappa shape index (κ1) is 20.3. The normalized spacial score (nSPS) is 14.9. The first-order chi connectivity index (χ1) is 14.6. The second-order valence-electron chi connectivity index (χ2n) is 8.16. The number of fused-ring (bicyclic) bond motifs is 1. The number of benzene rings is 2. The SMILES string of the molecule is CCCCN(C)c1ccc(C(=O)N2CCC(n3c(=O)[nH]c4ccccc43)CC2)cc1. The van der Waals surface area contributed by atoms with Crippen LogP contribution < -0.4 is 10.6 Å². The number of piperidine rings is 1. The molecule has 6 nitrogen and oxygen atoms in total. The van der Waals surface area contributed by atoms with E-state index < -0.39 is 0 Å². The summed E-state index contributed by atoms with van der Waals surface area (Å²) in [5, 5.41) is 0. The molecule has 1 aromatic heterocycles. The highest BCUT2D eigenvalue weighted by Crippen LogP contribution is 2.26. The first-order valence-corrected chi connectivity index (χ1v) is 10.9. The molecule has 0 bridgehead atoms. The number of imidazole rings is 1. The lowest BCUT2D eigenvalue weighted by Gasteiger charge is -2.32. The summed E-state index contributed by atoms with van der Waals surface area (Å²) in [5.41, 5.74) is 3.60. The van der Waals surface area contributed by atoms with E-state index in [1.54, 1.807) is 0 Å². The zero-order valence-electron chi connectivity index (χ0n) is 17.8.